The average Bonchev–Trinajstić information content (AvgIpc) is 2.56. The average molecular weight is 282 g/mol. The van der Waals surface area contributed by atoms with Crippen molar-refractivity contribution in [2.75, 3.05) is 24.5 Å². The molecule has 1 N–H and O–H groups in total. The van der Waals surface area contributed by atoms with E-state index in [2.05, 4.69) is 59.6 Å². The highest BCUT2D eigenvalue weighted by atomic mass is 15.1. The van der Waals surface area contributed by atoms with Crippen LogP contribution in [0.4, 0.5) is 5.69 Å². The van der Waals surface area contributed by atoms with Crippen molar-refractivity contribution < 1.29 is 0 Å². The van der Waals surface area contributed by atoms with E-state index in [0.29, 0.717) is 6.04 Å². The fourth-order valence-corrected chi connectivity index (χ4v) is 3.42. The molecular formula is C19H26N2. The van der Waals surface area contributed by atoms with E-state index < -0.39 is 0 Å². The number of rotatable bonds is 5. The Morgan fingerprint density at radius 1 is 1.10 bits per heavy atom. The first kappa shape index (κ1) is 14.4. The van der Waals surface area contributed by atoms with Crippen LogP contribution in [0.5, 0.6) is 0 Å². The highest BCUT2D eigenvalue weighted by Gasteiger charge is 2.15. The van der Waals surface area contributed by atoms with E-state index in [-0.39, 0.29) is 0 Å². The van der Waals surface area contributed by atoms with E-state index in [1.54, 1.807) is 0 Å². The molecule has 1 aliphatic rings. The second-order valence-corrected chi connectivity index (χ2v) is 6.01. The van der Waals surface area contributed by atoms with Crippen molar-refractivity contribution in [1.29, 1.82) is 0 Å². The topological polar surface area (TPSA) is 15.3 Å². The normalized spacial score (nSPS) is 18.8. The van der Waals surface area contributed by atoms with Crippen LogP contribution >= 0.6 is 0 Å². The van der Waals surface area contributed by atoms with Gasteiger partial charge in [0.1, 0.15) is 0 Å². The molecular weight excluding hydrogens is 256 g/mol. The minimum Gasteiger partial charge on any atom is -0.371 e. The maximum absolute atomic E-state index is 3.66. The van der Waals surface area contributed by atoms with Crippen LogP contribution in [0.1, 0.15) is 32.6 Å². The predicted octanol–water partition coefficient (Wildman–Crippen LogP) is 4.20. The third kappa shape index (κ3) is 3.38. The van der Waals surface area contributed by atoms with Crippen LogP contribution in [0.25, 0.3) is 10.8 Å². The fraction of sp³-hybridized carbons (Fsp3) is 0.474. The quantitative estimate of drug-likeness (QED) is 0.884. The Kier molecular flexibility index (Phi) is 4.76. The number of benzene rings is 2. The van der Waals surface area contributed by atoms with Gasteiger partial charge in [-0.3, -0.25) is 0 Å². The molecule has 1 atom stereocenters. The van der Waals surface area contributed by atoms with Gasteiger partial charge in [-0.15, -0.1) is 0 Å². The van der Waals surface area contributed by atoms with Gasteiger partial charge < -0.3 is 10.2 Å². The molecule has 1 saturated heterocycles. The SMILES string of the molecule is CCN(CCC1CCCCN1)c1cccc2ccccc12. The van der Waals surface area contributed by atoms with E-state index in [0.717, 1.165) is 13.1 Å². The minimum atomic E-state index is 0.711. The van der Waals surface area contributed by atoms with Crippen molar-refractivity contribution >= 4 is 16.5 Å². The van der Waals surface area contributed by atoms with Gasteiger partial charge in [-0.25, -0.2) is 0 Å². The van der Waals surface area contributed by atoms with Crippen LogP contribution in [-0.4, -0.2) is 25.7 Å². The van der Waals surface area contributed by atoms with Crippen LogP contribution in [0.2, 0.25) is 0 Å². The Hall–Kier alpha value is -1.54. The first-order valence-corrected chi connectivity index (χ1v) is 8.34. The van der Waals surface area contributed by atoms with Crippen molar-refractivity contribution in [2.45, 2.75) is 38.6 Å². The predicted molar refractivity (Wildman–Crippen MR) is 92.1 cm³/mol. The summed E-state index contributed by atoms with van der Waals surface area (Å²) in [5.74, 6) is 0. The van der Waals surface area contributed by atoms with E-state index in [4.69, 9.17) is 0 Å². The molecule has 0 aromatic heterocycles. The summed E-state index contributed by atoms with van der Waals surface area (Å²) < 4.78 is 0. The zero-order valence-electron chi connectivity index (χ0n) is 13.0. The van der Waals surface area contributed by atoms with Gasteiger partial charge in [0.05, 0.1) is 0 Å². The summed E-state index contributed by atoms with van der Waals surface area (Å²) in [6.45, 7) is 5.67. The monoisotopic (exact) mass is 282 g/mol. The van der Waals surface area contributed by atoms with Crippen molar-refractivity contribution in [3.8, 4) is 0 Å². The van der Waals surface area contributed by atoms with E-state index in [1.165, 1.54) is 48.7 Å². The van der Waals surface area contributed by atoms with Crippen LogP contribution < -0.4 is 10.2 Å². The zero-order chi connectivity index (χ0) is 14.5. The fourth-order valence-electron chi connectivity index (χ4n) is 3.42. The molecule has 1 heterocycles. The first-order chi connectivity index (χ1) is 10.4. The smallest absolute Gasteiger partial charge is 0.0445 e. The molecule has 0 saturated carbocycles. The highest BCUT2D eigenvalue weighted by molar-refractivity contribution is 5.94. The lowest BCUT2D eigenvalue weighted by Gasteiger charge is -2.29. The summed E-state index contributed by atoms with van der Waals surface area (Å²) in [5.41, 5.74) is 1.38. The molecule has 112 valence electrons. The molecule has 0 bridgehead atoms. The molecule has 0 amide bonds. The molecule has 1 aliphatic heterocycles. The highest BCUT2D eigenvalue weighted by Crippen LogP contribution is 2.27. The molecule has 1 fully saturated rings. The molecule has 2 aromatic rings. The molecule has 1 unspecified atom stereocenters. The lowest BCUT2D eigenvalue weighted by molar-refractivity contribution is 0.383. The van der Waals surface area contributed by atoms with Gasteiger partial charge in [0, 0.05) is 30.2 Å². The van der Waals surface area contributed by atoms with E-state index in [9.17, 15) is 0 Å². The van der Waals surface area contributed by atoms with Gasteiger partial charge in [-0.05, 0) is 44.2 Å². The number of nitrogens with zero attached hydrogens (tertiary/aromatic N) is 1. The Morgan fingerprint density at radius 3 is 2.76 bits per heavy atom. The molecule has 0 radical (unpaired) electrons. The number of anilines is 1. The summed E-state index contributed by atoms with van der Waals surface area (Å²) in [7, 11) is 0. The number of piperidine rings is 1. The van der Waals surface area contributed by atoms with Crippen LogP contribution in [-0.2, 0) is 0 Å². The van der Waals surface area contributed by atoms with Crippen LogP contribution in [0.3, 0.4) is 0 Å². The lowest BCUT2D eigenvalue weighted by atomic mass is 10.0. The number of nitrogens with one attached hydrogen (secondary N) is 1. The van der Waals surface area contributed by atoms with Gasteiger partial charge in [0.2, 0.25) is 0 Å². The van der Waals surface area contributed by atoms with Crippen molar-refractivity contribution in [1.82, 2.24) is 5.32 Å². The second kappa shape index (κ2) is 6.95. The summed E-state index contributed by atoms with van der Waals surface area (Å²) in [6, 6.07) is 16.1. The molecule has 0 aliphatic carbocycles. The van der Waals surface area contributed by atoms with Crippen LogP contribution in [0.15, 0.2) is 42.5 Å². The van der Waals surface area contributed by atoms with Crippen molar-refractivity contribution in [3.63, 3.8) is 0 Å². The van der Waals surface area contributed by atoms with Gasteiger partial charge >= 0.3 is 0 Å². The van der Waals surface area contributed by atoms with Crippen LogP contribution in [0, 0.1) is 0 Å². The Bertz CT molecular complexity index is 567. The third-order valence-electron chi connectivity index (χ3n) is 4.65. The van der Waals surface area contributed by atoms with Crippen molar-refractivity contribution in [2.24, 2.45) is 0 Å². The first-order valence-electron chi connectivity index (χ1n) is 8.34. The third-order valence-corrected chi connectivity index (χ3v) is 4.65. The maximum atomic E-state index is 3.66. The zero-order valence-corrected chi connectivity index (χ0v) is 13.0. The standard InChI is InChI=1S/C19H26N2/c1-2-21(15-13-17-10-5-6-14-20-17)19-12-7-9-16-8-3-4-11-18(16)19/h3-4,7-9,11-12,17,20H,2,5-6,10,13-15H2,1H3. The van der Waals surface area contributed by atoms with Gasteiger partial charge in [0.25, 0.3) is 0 Å². The van der Waals surface area contributed by atoms with Gasteiger partial charge in [-0.1, -0.05) is 42.8 Å². The Morgan fingerprint density at radius 2 is 1.95 bits per heavy atom. The molecule has 0 spiro atoms. The molecule has 2 heteroatoms. The van der Waals surface area contributed by atoms with E-state index >= 15 is 0 Å². The van der Waals surface area contributed by atoms with Gasteiger partial charge in [-0.2, -0.15) is 0 Å². The van der Waals surface area contributed by atoms with Gasteiger partial charge in [0.15, 0.2) is 0 Å². The molecule has 3 rings (SSSR count). The number of fused-ring (bicyclic) bond motifs is 1. The van der Waals surface area contributed by atoms with E-state index in [1.807, 2.05) is 0 Å². The second-order valence-electron chi connectivity index (χ2n) is 6.01. The number of hydrogen-bond acceptors (Lipinski definition) is 2. The lowest BCUT2D eigenvalue weighted by Crippen LogP contribution is -2.37. The molecule has 21 heavy (non-hydrogen) atoms. The largest absolute Gasteiger partial charge is 0.371 e. The molecule has 2 aromatic carbocycles. The summed E-state index contributed by atoms with van der Waals surface area (Å²) in [5, 5.41) is 6.37. The Balaban J connectivity index is 1.75. The summed E-state index contributed by atoms with van der Waals surface area (Å²) in [6.07, 6.45) is 5.32. The number of hydrogen-bond donors (Lipinski definition) is 1. The van der Waals surface area contributed by atoms with Crippen molar-refractivity contribution in [3.05, 3.63) is 42.5 Å². The Labute approximate surface area is 128 Å². The summed E-state index contributed by atoms with van der Waals surface area (Å²) >= 11 is 0. The minimum absolute atomic E-state index is 0.711. The summed E-state index contributed by atoms with van der Waals surface area (Å²) in [4.78, 5) is 2.53. The molecule has 2 nitrogen and oxygen atoms in total. The maximum Gasteiger partial charge on any atom is 0.0445 e.